The van der Waals surface area contributed by atoms with Crippen LogP contribution in [0.4, 0.5) is 5.69 Å². The number of nitrogens with zero attached hydrogens (tertiary/aromatic N) is 3. The number of morpholine rings is 1. The van der Waals surface area contributed by atoms with Crippen LogP contribution in [0.3, 0.4) is 0 Å². The van der Waals surface area contributed by atoms with Gasteiger partial charge in [0, 0.05) is 43.8 Å². The molecule has 0 radical (unpaired) electrons. The number of nitrogens with one attached hydrogen (secondary N) is 2. The maximum Gasteiger partial charge on any atom is 0.0922 e. The molecule has 2 N–H and O–H groups in total. The van der Waals surface area contributed by atoms with Crippen molar-refractivity contribution in [3.63, 3.8) is 0 Å². The topological polar surface area (TPSA) is 74.1 Å². The van der Waals surface area contributed by atoms with E-state index in [1.807, 2.05) is 6.07 Å². The van der Waals surface area contributed by atoms with Gasteiger partial charge in [-0.05, 0) is 18.2 Å². The van der Waals surface area contributed by atoms with Crippen LogP contribution in [-0.2, 0) is 4.74 Å². The highest BCUT2D eigenvalue weighted by Crippen LogP contribution is 2.22. The first kappa shape index (κ1) is 14.5. The number of rotatable bonds is 4. The Labute approximate surface area is 129 Å². The number of hydrogen-bond donors (Lipinski definition) is 2. The third-order valence-corrected chi connectivity index (χ3v) is 3.65. The van der Waals surface area contributed by atoms with E-state index in [-0.39, 0.29) is 0 Å². The molecule has 1 aromatic carbocycles. The molecule has 1 fully saturated rings. The van der Waals surface area contributed by atoms with Crippen molar-refractivity contribution in [2.45, 2.75) is 0 Å². The first-order chi connectivity index (χ1) is 10.8. The molecule has 0 bridgehead atoms. The Bertz CT molecular complexity index is 707. The molecule has 22 heavy (non-hydrogen) atoms. The molecule has 0 unspecified atom stereocenters. The van der Waals surface area contributed by atoms with E-state index in [0.717, 1.165) is 43.0 Å². The fourth-order valence-electron chi connectivity index (χ4n) is 2.50. The summed E-state index contributed by atoms with van der Waals surface area (Å²) in [6, 6.07) is 6.11. The SMILES string of the molecule is CN/C=C(\C=N)c1cnc2ccc(N3CCOCC3)cc2n1. The van der Waals surface area contributed by atoms with E-state index in [1.54, 1.807) is 19.4 Å². The van der Waals surface area contributed by atoms with Crippen molar-refractivity contribution >= 4 is 28.5 Å². The summed E-state index contributed by atoms with van der Waals surface area (Å²) in [4.78, 5) is 11.4. The average Bonchev–Trinajstić information content (AvgIpc) is 2.59. The predicted octanol–water partition coefficient (Wildman–Crippen LogP) is 1.68. The second kappa shape index (κ2) is 6.53. The van der Waals surface area contributed by atoms with E-state index in [2.05, 4.69) is 32.3 Å². The van der Waals surface area contributed by atoms with Crippen LogP contribution in [0.5, 0.6) is 0 Å². The van der Waals surface area contributed by atoms with Gasteiger partial charge in [-0.1, -0.05) is 0 Å². The van der Waals surface area contributed by atoms with Crippen LogP contribution in [0.15, 0.2) is 30.6 Å². The van der Waals surface area contributed by atoms with Gasteiger partial charge in [0.25, 0.3) is 0 Å². The van der Waals surface area contributed by atoms with Gasteiger partial charge in [0.05, 0.1) is 36.1 Å². The van der Waals surface area contributed by atoms with E-state index >= 15 is 0 Å². The van der Waals surface area contributed by atoms with Gasteiger partial charge in [0.15, 0.2) is 0 Å². The minimum atomic E-state index is 0.691. The van der Waals surface area contributed by atoms with E-state index in [0.29, 0.717) is 11.3 Å². The molecule has 6 heteroatoms. The molecule has 0 saturated carbocycles. The monoisotopic (exact) mass is 297 g/mol. The minimum absolute atomic E-state index is 0.691. The zero-order valence-electron chi connectivity index (χ0n) is 12.5. The number of ether oxygens (including phenoxy) is 1. The third kappa shape index (κ3) is 2.92. The summed E-state index contributed by atoms with van der Waals surface area (Å²) in [5, 5.41) is 10.4. The second-order valence-corrected chi connectivity index (χ2v) is 5.06. The summed E-state index contributed by atoms with van der Waals surface area (Å²) in [5.41, 5.74) is 4.22. The molecule has 1 saturated heterocycles. The first-order valence-corrected chi connectivity index (χ1v) is 7.29. The highest BCUT2D eigenvalue weighted by atomic mass is 16.5. The van der Waals surface area contributed by atoms with Crippen molar-refractivity contribution in [1.29, 1.82) is 5.41 Å². The van der Waals surface area contributed by atoms with Crippen LogP contribution < -0.4 is 10.2 Å². The van der Waals surface area contributed by atoms with Crippen LogP contribution in [0.1, 0.15) is 5.69 Å². The van der Waals surface area contributed by atoms with Crippen molar-refractivity contribution in [2.75, 3.05) is 38.3 Å². The molecule has 3 rings (SSSR count). The number of aromatic nitrogens is 2. The van der Waals surface area contributed by atoms with Gasteiger partial charge in [-0.3, -0.25) is 4.98 Å². The Balaban J connectivity index is 1.98. The molecule has 2 aromatic rings. The Morgan fingerprint density at radius 3 is 2.86 bits per heavy atom. The van der Waals surface area contributed by atoms with E-state index in [4.69, 9.17) is 10.1 Å². The summed E-state index contributed by atoms with van der Waals surface area (Å²) < 4.78 is 5.39. The quantitative estimate of drug-likeness (QED) is 0.840. The summed E-state index contributed by atoms with van der Waals surface area (Å²) in [6.07, 6.45) is 4.72. The Kier molecular flexibility index (Phi) is 4.29. The molecule has 0 atom stereocenters. The second-order valence-electron chi connectivity index (χ2n) is 5.06. The van der Waals surface area contributed by atoms with Gasteiger partial charge in [-0.2, -0.15) is 0 Å². The lowest BCUT2D eigenvalue weighted by Crippen LogP contribution is -2.36. The van der Waals surface area contributed by atoms with Crippen molar-refractivity contribution in [3.8, 4) is 0 Å². The lowest BCUT2D eigenvalue weighted by molar-refractivity contribution is 0.122. The summed E-state index contributed by atoms with van der Waals surface area (Å²) >= 11 is 0. The van der Waals surface area contributed by atoms with Crippen molar-refractivity contribution in [3.05, 3.63) is 36.3 Å². The fourth-order valence-corrected chi connectivity index (χ4v) is 2.50. The van der Waals surface area contributed by atoms with Gasteiger partial charge in [-0.25, -0.2) is 4.98 Å². The maximum atomic E-state index is 7.49. The minimum Gasteiger partial charge on any atom is -0.393 e. The molecule has 6 nitrogen and oxygen atoms in total. The highest BCUT2D eigenvalue weighted by molar-refractivity contribution is 6.07. The number of allylic oxidation sites excluding steroid dienone is 1. The third-order valence-electron chi connectivity index (χ3n) is 3.65. The number of anilines is 1. The van der Waals surface area contributed by atoms with Gasteiger partial charge in [0.1, 0.15) is 0 Å². The smallest absolute Gasteiger partial charge is 0.0922 e. The summed E-state index contributed by atoms with van der Waals surface area (Å²) in [5.74, 6) is 0. The van der Waals surface area contributed by atoms with Crippen LogP contribution >= 0.6 is 0 Å². The molecular weight excluding hydrogens is 278 g/mol. The average molecular weight is 297 g/mol. The van der Waals surface area contributed by atoms with Crippen LogP contribution in [-0.4, -0.2) is 49.5 Å². The molecule has 114 valence electrons. The number of benzene rings is 1. The molecular formula is C16H19N5O. The molecule has 1 aliphatic heterocycles. The fraction of sp³-hybridized carbons (Fsp3) is 0.312. The molecule has 1 aliphatic rings. The Morgan fingerprint density at radius 2 is 2.14 bits per heavy atom. The lowest BCUT2D eigenvalue weighted by Gasteiger charge is -2.28. The highest BCUT2D eigenvalue weighted by Gasteiger charge is 2.12. The van der Waals surface area contributed by atoms with Crippen LogP contribution in [0.2, 0.25) is 0 Å². The van der Waals surface area contributed by atoms with Crippen molar-refractivity contribution < 1.29 is 4.74 Å². The Hall–Kier alpha value is -2.47. The number of hydrogen-bond acceptors (Lipinski definition) is 6. The molecule has 0 aliphatic carbocycles. The molecule has 1 aromatic heterocycles. The molecule has 2 heterocycles. The zero-order chi connectivity index (χ0) is 15.4. The van der Waals surface area contributed by atoms with Crippen molar-refractivity contribution in [1.82, 2.24) is 15.3 Å². The van der Waals surface area contributed by atoms with Crippen LogP contribution in [0.25, 0.3) is 16.6 Å². The standard InChI is InChI=1S/C16H19N5O/c1-18-10-12(9-17)16-11-19-14-3-2-13(8-15(14)20-16)21-4-6-22-7-5-21/h2-3,8-11,17-18H,4-7H2,1H3/b12-10+,17-9?. The van der Waals surface area contributed by atoms with Gasteiger partial charge in [0.2, 0.25) is 0 Å². The molecule has 0 spiro atoms. The first-order valence-electron chi connectivity index (χ1n) is 7.29. The normalized spacial score (nSPS) is 15.9. The van der Waals surface area contributed by atoms with E-state index < -0.39 is 0 Å². The Morgan fingerprint density at radius 1 is 1.32 bits per heavy atom. The van der Waals surface area contributed by atoms with E-state index in [9.17, 15) is 0 Å². The van der Waals surface area contributed by atoms with Crippen LogP contribution in [0, 0.1) is 5.41 Å². The van der Waals surface area contributed by atoms with Gasteiger partial charge >= 0.3 is 0 Å². The molecule has 0 amide bonds. The largest absolute Gasteiger partial charge is 0.393 e. The van der Waals surface area contributed by atoms with E-state index in [1.165, 1.54) is 6.21 Å². The van der Waals surface area contributed by atoms with Gasteiger partial charge in [-0.15, -0.1) is 0 Å². The predicted molar refractivity (Wildman–Crippen MR) is 88.4 cm³/mol. The van der Waals surface area contributed by atoms with Crippen molar-refractivity contribution in [2.24, 2.45) is 0 Å². The summed E-state index contributed by atoms with van der Waals surface area (Å²) in [6.45, 7) is 3.30. The number of fused-ring (bicyclic) bond motifs is 1. The summed E-state index contributed by atoms with van der Waals surface area (Å²) in [7, 11) is 1.80. The zero-order valence-corrected chi connectivity index (χ0v) is 12.5. The lowest BCUT2D eigenvalue weighted by atomic mass is 10.2. The van der Waals surface area contributed by atoms with Gasteiger partial charge < -0.3 is 20.4 Å². The maximum absolute atomic E-state index is 7.49.